The molecule has 0 amide bonds. The lowest BCUT2D eigenvalue weighted by Crippen LogP contribution is -2.11. The molecule has 2 aromatic heterocycles. The third-order valence-electron chi connectivity index (χ3n) is 6.96. The van der Waals surface area contributed by atoms with E-state index in [0.717, 1.165) is 51.9 Å². The zero-order valence-corrected chi connectivity index (χ0v) is 19.1. The first-order valence-electron chi connectivity index (χ1n) is 11.9. The van der Waals surface area contributed by atoms with Gasteiger partial charge in [-0.2, -0.15) is 0 Å². The molecule has 1 aliphatic carbocycles. The van der Waals surface area contributed by atoms with Crippen molar-refractivity contribution in [2.24, 2.45) is 11.8 Å². The van der Waals surface area contributed by atoms with Gasteiger partial charge in [-0.1, -0.05) is 69.0 Å². The zero-order valence-electron chi connectivity index (χ0n) is 19.1. The Morgan fingerprint density at radius 3 is 2.66 bits per heavy atom. The van der Waals surface area contributed by atoms with Crippen LogP contribution in [-0.2, 0) is 13.0 Å². The van der Waals surface area contributed by atoms with Crippen molar-refractivity contribution in [2.45, 2.75) is 52.5 Å². The van der Waals surface area contributed by atoms with Gasteiger partial charge in [-0.15, -0.1) is 0 Å². The minimum atomic E-state index is 0.773. The summed E-state index contributed by atoms with van der Waals surface area (Å²) >= 11 is 0. The Balaban J connectivity index is 1.27. The van der Waals surface area contributed by atoms with E-state index < -0.39 is 0 Å². The molecule has 3 heteroatoms. The van der Waals surface area contributed by atoms with Crippen molar-refractivity contribution in [3.05, 3.63) is 83.7 Å². The Morgan fingerprint density at radius 1 is 1.00 bits per heavy atom. The van der Waals surface area contributed by atoms with Gasteiger partial charge in [0.15, 0.2) is 0 Å². The van der Waals surface area contributed by atoms with Crippen molar-refractivity contribution in [2.75, 3.05) is 5.32 Å². The fraction of sp³-hybridized carbons (Fsp3) is 0.345. The molecule has 0 unspecified atom stereocenters. The molecular formula is C29H32N2O. The van der Waals surface area contributed by atoms with Crippen LogP contribution in [0.1, 0.15) is 49.3 Å². The van der Waals surface area contributed by atoms with Crippen molar-refractivity contribution in [1.82, 2.24) is 4.98 Å². The molecule has 1 saturated carbocycles. The van der Waals surface area contributed by atoms with Gasteiger partial charge in [-0.25, -0.2) is 4.98 Å². The summed E-state index contributed by atoms with van der Waals surface area (Å²) in [4.78, 5) is 4.62. The summed E-state index contributed by atoms with van der Waals surface area (Å²) in [7, 11) is 0. The minimum absolute atomic E-state index is 0.773. The van der Waals surface area contributed by atoms with Gasteiger partial charge < -0.3 is 9.73 Å². The van der Waals surface area contributed by atoms with Crippen LogP contribution in [0.4, 0.5) is 5.82 Å². The SMILES string of the molecule is Cc1coc(-c2ccc3cnc(NCc4cccc(C[C@@H](C)C5CCCC5)c4)cc3c2)c1. The van der Waals surface area contributed by atoms with E-state index in [1.165, 1.54) is 43.2 Å². The standard InChI is InChI=1S/C29H32N2O/c1-20-12-28(32-19-20)25-10-11-26-18-31-29(16-27(26)15-25)30-17-23-7-5-6-22(14-23)13-21(2)24-8-3-4-9-24/h5-7,10-12,14-16,18-19,21,24H,3-4,8-9,13,17H2,1-2H3,(H,30,31)/t21-/m1/s1. The van der Waals surface area contributed by atoms with E-state index in [9.17, 15) is 0 Å². The van der Waals surface area contributed by atoms with Crippen LogP contribution in [0.2, 0.25) is 0 Å². The smallest absolute Gasteiger partial charge is 0.134 e. The summed E-state index contributed by atoms with van der Waals surface area (Å²) in [6.45, 7) is 5.25. The molecule has 3 nitrogen and oxygen atoms in total. The normalized spacial score (nSPS) is 15.3. The van der Waals surface area contributed by atoms with E-state index in [1.807, 2.05) is 13.1 Å². The molecule has 0 saturated heterocycles. The predicted octanol–water partition coefficient (Wildman–Crippen LogP) is 7.78. The van der Waals surface area contributed by atoms with Crippen LogP contribution in [0.15, 0.2) is 71.5 Å². The number of benzene rings is 2. The van der Waals surface area contributed by atoms with E-state index in [1.54, 1.807) is 6.26 Å². The van der Waals surface area contributed by atoms with E-state index in [0.29, 0.717) is 0 Å². The summed E-state index contributed by atoms with van der Waals surface area (Å²) in [5.74, 6) is 3.48. The summed E-state index contributed by atoms with van der Waals surface area (Å²) in [5.41, 5.74) is 4.99. The molecule has 0 bridgehead atoms. The van der Waals surface area contributed by atoms with Gasteiger partial charge >= 0.3 is 0 Å². The van der Waals surface area contributed by atoms with Gasteiger partial charge in [0.25, 0.3) is 0 Å². The Kier molecular flexibility index (Phi) is 5.98. The number of aryl methyl sites for hydroxylation is 1. The second-order valence-corrected chi connectivity index (χ2v) is 9.52. The van der Waals surface area contributed by atoms with Crippen molar-refractivity contribution in [3.63, 3.8) is 0 Å². The lowest BCUT2D eigenvalue weighted by molar-refractivity contribution is 0.365. The monoisotopic (exact) mass is 424 g/mol. The quantitative estimate of drug-likeness (QED) is 0.329. The van der Waals surface area contributed by atoms with Gasteiger partial charge in [-0.3, -0.25) is 0 Å². The third kappa shape index (κ3) is 4.72. The van der Waals surface area contributed by atoms with Crippen LogP contribution >= 0.6 is 0 Å². The number of pyridine rings is 1. The summed E-state index contributed by atoms with van der Waals surface area (Å²) in [5, 5.41) is 5.81. The predicted molar refractivity (Wildman–Crippen MR) is 133 cm³/mol. The molecule has 164 valence electrons. The average Bonchev–Trinajstić information content (AvgIpc) is 3.50. The summed E-state index contributed by atoms with van der Waals surface area (Å²) in [6.07, 6.45) is 10.6. The van der Waals surface area contributed by atoms with Crippen LogP contribution in [0, 0.1) is 18.8 Å². The van der Waals surface area contributed by atoms with Crippen molar-refractivity contribution in [1.29, 1.82) is 0 Å². The van der Waals surface area contributed by atoms with E-state index >= 15 is 0 Å². The molecule has 4 aromatic rings. The molecule has 0 radical (unpaired) electrons. The van der Waals surface area contributed by atoms with Crippen molar-refractivity contribution < 1.29 is 4.42 Å². The van der Waals surface area contributed by atoms with Crippen LogP contribution in [-0.4, -0.2) is 4.98 Å². The van der Waals surface area contributed by atoms with Gasteiger partial charge in [0, 0.05) is 23.7 Å². The maximum atomic E-state index is 5.67. The Morgan fingerprint density at radius 2 is 1.84 bits per heavy atom. The molecule has 1 fully saturated rings. The molecule has 0 aliphatic heterocycles. The number of hydrogen-bond donors (Lipinski definition) is 1. The second kappa shape index (κ2) is 9.20. The molecule has 2 aromatic carbocycles. The fourth-order valence-electron chi connectivity index (χ4n) is 5.10. The Labute approximate surface area is 190 Å². The largest absolute Gasteiger partial charge is 0.464 e. The van der Waals surface area contributed by atoms with Crippen LogP contribution < -0.4 is 5.32 Å². The number of furan rings is 1. The highest BCUT2D eigenvalue weighted by molar-refractivity contribution is 5.87. The molecule has 1 atom stereocenters. The number of anilines is 1. The highest BCUT2D eigenvalue weighted by atomic mass is 16.3. The van der Waals surface area contributed by atoms with Crippen molar-refractivity contribution in [3.8, 4) is 11.3 Å². The number of hydrogen-bond acceptors (Lipinski definition) is 3. The molecule has 1 N–H and O–H groups in total. The van der Waals surface area contributed by atoms with Gasteiger partial charge in [0.2, 0.25) is 0 Å². The molecular weight excluding hydrogens is 392 g/mol. The fourth-order valence-corrected chi connectivity index (χ4v) is 5.10. The van der Waals surface area contributed by atoms with Crippen molar-refractivity contribution >= 4 is 16.6 Å². The maximum absolute atomic E-state index is 5.67. The average molecular weight is 425 g/mol. The van der Waals surface area contributed by atoms with Crippen LogP contribution in [0.5, 0.6) is 0 Å². The molecule has 0 spiro atoms. The third-order valence-corrected chi connectivity index (χ3v) is 6.96. The molecule has 2 heterocycles. The highest BCUT2D eigenvalue weighted by Gasteiger charge is 2.21. The lowest BCUT2D eigenvalue weighted by Gasteiger charge is -2.19. The Bertz CT molecular complexity index is 1200. The number of nitrogens with one attached hydrogen (secondary N) is 1. The Hall–Kier alpha value is -3.07. The summed E-state index contributed by atoms with van der Waals surface area (Å²) < 4.78 is 5.67. The first-order chi connectivity index (χ1) is 15.6. The second-order valence-electron chi connectivity index (χ2n) is 9.52. The highest BCUT2D eigenvalue weighted by Crippen LogP contribution is 2.33. The molecule has 5 rings (SSSR count). The number of fused-ring (bicyclic) bond motifs is 1. The lowest BCUT2D eigenvalue weighted by atomic mass is 9.87. The first kappa shape index (κ1) is 20.8. The van der Waals surface area contributed by atoms with E-state index in [2.05, 4.69) is 71.8 Å². The maximum Gasteiger partial charge on any atom is 0.134 e. The van der Waals surface area contributed by atoms with Crippen LogP contribution in [0.25, 0.3) is 22.1 Å². The van der Waals surface area contributed by atoms with Gasteiger partial charge in [-0.05, 0) is 65.5 Å². The number of aromatic nitrogens is 1. The van der Waals surface area contributed by atoms with E-state index in [-0.39, 0.29) is 0 Å². The minimum Gasteiger partial charge on any atom is -0.464 e. The summed E-state index contributed by atoms with van der Waals surface area (Å²) in [6, 6.07) is 19.6. The zero-order chi connectivity index (χ0) is 21.9. The topological polar surface area (TPSA) is 38.1 Å². The number of nitrogens with zero attached hydrogens (tertiary/aromatic N) is 1. The number of rotatable bonds is 7. The first-order valence-corrected chi connectivity index (χ1v) is 11.9. The molecule has 32 heavy (non-hydrogen) atoms. The molecule has 1 aliphatic rings. The van der Waals surface area contributed by atoms with Gasteiger partial charge in [0.1, 0.15) is 11.6 Å². The van der Waals surface area contributed by atoms with E-state index in [4.69, 9.17) is 4.42 Å². The van der Waals surface area contributed by atoms with Crippen LogP contribution in [0.3, 0.4) is 0 Å². The van der Waals surface area contributed by atoms with Gasteiger partial charge in [0.05, 0.1) is 6.26 Å².